The third kappa shape index (κ3) is 2.02. The molecular weight excluding hydrogens is 178 g/mol. The molecule has 5 heteroatoms. The Hall–Kier alpha value is -0.940. The second kappa shape index (κ2) is 3.20. The summed E-state index contributed by atoms with van der Waals surface area (Å²) >= 11 is 0. The van der Waals surface area contributed by atoms with Crippen LogP contribution in [0.5, 0.6) is 0 Å². The minimum absolute atomic E-state index is 0.932. The van der Waals surface area contributed by atoms with Crippen LogP contribution in [0.25, 0.3) is 0 Å². The molecule has 1 heterocycles. The van der Waals surface area contributed by atoms with Gasteiger partial charge in [-0.2, -0.15) is 13.0 Å². The molecule has 0 aliphatic heterocycles. The fourth-order valence-corrected chi connectivity index (χ4v) is 1.26. The highest BCUT2D eigenvalue weighted by Crippen LogP contribution is 2.01. The van der Waals surface area contributed by atoms with Gasteiger partial charge in [0, 0.05) is 19.1 Å². The number of pyridine rings is 1. The molecule has 1 rings (SSSR count). The van der Waals surface area contributed by atoms with Crippen LogP contribution in [-0.2, 0) is 10.1 Å². The third-order valence-corrected chi connectivity index (χ3v) is 2.70. The molecule has 0 saturated carbocycles. The molecule has 12 heavy (non-hydrogen) atoms. The van der Waals surface area contributed by atoms with E-state index in [9.17, 15) is 8.42 Å². The van der Waals surface area contributed by atoms with Crippen LogP contribution in [0, 0.1) is 0 Å². The van der Waals surface area contributed by atoms with Crippen molar-refractivity contribution < 1.29 is 17.5 Å². The molecule has 1 aromatic heterocycles. The summed E-state index contributed by atoms with van der Waals surface area (Å²) in [7, 11) is -3.99. The molecule has 4 nitrogen and oxygen atoms in total. The largest absolute Gasteiger partial charge is 0.329 e. The van der Waals surface area contributed by atoms with Crippen molar-refractivity contribution in [2.45, 2.75) is 12.3 Å². The molecule has 0 saturated heterocycles. The van der Waals surface area contributed by atoms with E-state index in [1.807, 2.05) is 0 Å². The summed E-state index contributed by atoms with van der Waals surface area (Å²) in [4.78, 5) is 0. The van der Waals surface area contributed by atoms with Gasteiger partial charge in [-0.15, -0.1) is 0 Å². The molecule has 1 N–H and O–H groups in total. The van der Waals surface area contributed by atoms with E-state index in [1.165, 1.54) is 11.5 Å². The smallest absolute Gasteiger partial charge is 0.280 e. The van der Waals surface area contributed by atoms with Gasteiger partial charge in [-0.3, -0.25) is 4.55 Å². The molecule has 1 unspecified atom stereocenters. The van der Waals surface area contributed by atoms with Crippen LogP contribution >= 0.6 is 0 Å². The van der Waals surface area contributed by atoms with E-state index in [2.05, 4.69) is 0 Å². The van der Waals surface area contributed by atoms with Crippen molar-refractivity contribution in [2.75, 3.05) is 0 Å². The maximum atomic E-state index is 10.7. The SMILES string of the molecule is CC([n+]1ccccc1)S(=O)(=O)O. The molecule has 1 atom stereocenters. The van der Waals surface area contributed by atoms with Gasteiger partial charge in [0.15, 0.2) is 12.4 Å². The van der Waals surface area contributed by atoms with E-state index in [4.69, 9.17) is 4.55 Å². The standard InChI is InChI=1S/C7H9NO3S/c1-7(12(9,10)11)8-5-3-2-4-6-8/h2-7H,1H3/p+1. The normalized spacial score (nSPS) is 14.2. The van der Waals surface area contributed by atoms with Crippen LogP contribution in [-0.4, -0.2) is 13.0 Å². The Morgan fingerprint density at radius 2 is 1.75 bits per heavy atom. The van der Waals surface area contributed by atoms with Gasteiger partial charge in [-0.25, -0.2) is 0 Å². The van der Waals surface area contributed by atoms with Crippen molar-refractivity contribution in [3.05, 3.63) is 30.6 Å². The molecule has 0 amide bonds. The third-order valence-electron chi connectivity index (χ3n) is 1.59. The molecule has 0 aliphatic carbocycles. The van der Waals surface area contributed by atoms with Crippen molar-refractivity contribution in [3.8, 4) is 0 Å². The molecule has 1 aromatic rings. The van der Waals surface area contributed by atoms with Crippen molar-refractivity contribution in [3.63, 3.8) is 0 Å². The lowest BCUT2D eigenvalue weighted by Gasteiger charge is -2.01. The predicted molar refractivity (Wildman–Crippen MR) is 42.9 cm³/mol. The zero-order valence-electron chi connectivity index (χ0n) is 6.58. The monoisotopic (exact) mass is 188 g/mol. The molecule has 0 aliphatic rings. The van der Waals surface area contributed by atoms with E-state index < -0.39 is 15.5 Å². The van der Waals surface area contributed by atoms with Gasteiger partial charge < -0.3 is 0 Å². The van der Waals surface area contributed by atoms with Gasteiger partial charge in [-0.1, -0.05) is 6.07 Å². The van der Waals surface area contributed by atoms with Crippen LogP contribution in [0.3, 0.4) is 0 Å². The molecule has 0 bridgehead atoms. The van der Waals surface area contributed by atoms with Crippen LogP contribution in [0.1, 0.15) is 12.3 Å². The number of aromatic nitrogens is 1. The minimum Gasteiger partial charge on any atom is -0.280 e. The van der Waals surface area contributed by atoms with Crippen molar-refractivity contribution >= 4 is 10.1 Å². The zero-order chi connectivity index (χ0) is 9.19. The second-order valence-electron chi connectivity index (χ2n) is 2.44. The highest BCUT2D eigenvalue weighted by Gasteiger charge is 2.25. The van der Waals surface area contributed by atoms with Gasteiger partial charge in [0.2, 0.25) is 0 Å². The van der Waals surface area contributed by atoms with Gasteiger partial charge in [-0.05, 0) is 0 Å². The Labute approximate surface area is 71.2 Å². The van der Waals surface area contributed by atoms with E-state index in [1.54, 1.807) is 30.6 Å². The van der Waals surface area contributed by atoms with Crippen LogP contribution < -0.4 is 4.57 Å². The lowest BCUT2D eigenvalue weighted by atomic mass is 10.5. The summed E-state index contributed by atoms with van der Waals surface area (Å²) in [5.41, 5.74) is 0. The average molecular weight is 188 g/mol. The highest BCUT2D eigenvalue weighted by atomic mass is 32.2. The lowest BCUT2D eigenvalue weighted by Crippen LogP contribution is -2.41. The van der Waals surface area contributed by atoms with Crippen LogP contribution in [0.4, 0.5) is 0 Å². The summed E-state index contributed by atoms with van der Waals surface area (Å²) in [6.45, 7) is 1.41. The Bertz CT molecular complexity index is 346. The molecule has 0 fully saturated rings. The maximum Gasteiger partial charge on any atom is 0.329 e. The summed E-state index contributed by atoms with van der Waals surface area (Å²) in [5.74, 6) is 0. The first-order chi connectivity index (χ1) is 5.52. The Kier molecular flexibility index (Phi) is 2.44. The number of nitrogens with zero attached hydrogens (tertiary/aromatic N) is 1. The Morgan fingerprint density at radius 1 is 1.25 bits per heavy atom. The minimum atomic E-state index is -3.99. The van der Waals surface area contributed by atoms with Gasteiger partial charge >= 0.3 is 10.1 Å². The van der Waals surface area contributed by atoms with Crippen LogP contribution in [0.2, 0.25) is 0 Å². The van der Waals surface area contributed by atoms with Crippen molar-refractivity contribution in [1.29, 1.82) is 0 Å². The predicted octanol–water partition coefficient (Wildman–Crippen LogP) is 0.380. The topological polar surface area (TPSA) is 58.2 Å². The average Bonchev–Trinajstić information content (AvgIpc) is 2.03. The van der Waals surface area contributed by atoms with E-state index in [-0.39, 0.29) is 0 Å². The van der Waals surface area contributed by atoms with Crippen LogP contribution in [0.15, 0.2) is 30.6 Å². The highest BCUT2D eigenvalue weighted by molar-refractivity contribution is 7.85. The fourth-order valence-electron chi connectivity index (χ4n) is 0.808. The fraction of sp³-hybridized carbons (Fsp3) is 0.286. The number of rotatable bonds is 2. The molecule has 0 radical (unpaired) electrons. The molecule has 0 aromatic carbocycles. The first-order valence-electron chi connectivity index (χ1n) is 3.44. The first-order valence-corrected chi connectivity index (χ1v) is 4.94. The van der Waals surface area contributed by atoms with Crippen molar-refractivity contribution in [1.82, 2.24) is 0 Å². The lowest BCUT2D eigenvalue weighted by molar-refractivity contribution is -0.699. The number of hydrogen-bond donors (Lipinski definition) is 1. The molecule has 0 spiro atoms. The second-order valence-corrected chi connectivity index (χ2v) is 4.15. The maximum absolute atomic E-state index is 10.7. The summed E-state index contributed by atoms with van der Waals surface area (Å²) in [6.07, 6.45) is 3.16. The van der Waals surface area contributed by atoms with Gasteiger partial charge in [0.25, 0.3) is 5.37 Å². The molecule has 66 valence electrons. The Morgan fingerprint density at radius 3 is 2.17 bits per heavy atom. The zero-order valence-corrected chi connectivity index (χ0v) is 7.40. The van der Waals surface area contributed by atoms with Gasteiger partial charge in [0.05, 0.1) is 0 Å². The van der Waals surface area contributed by atoms with Crippen molar-refractivity contribution in [2.24, 2.45) is 0 Å². The quantitative estimate of drug-likeness (QED) is 0.539. The van der Waals surface area contributed by atoms with Gasteiger partial charge in [0.1, 0.15) is 0 Å². The number of hydrogen-bond acceptors (Lipinski definition) is 2. The van der Waals surface area contributed by atoms with E-state index in [0.29, 0.717) is 0 Å². The van der Waals surface area contributed by atoms with E-state index >= 15 is 0 Å². The summed E-state index contributed by atoms with van der Waals surface area (Å²) in [5, 5.41) is -0.932. The summed E-state index contributed by atoms with van der Waals surface area (Å²) in [6, 6.07) is 5.16. The molecular formula is C7H10NO3S+. The first kappa shape index (κ1) is 9.15. The van der Waals surface area contributed by atoms with E-state index in [0.717, 1.165) is 0 Å². The Balaban J connectivity index is 3.02. The summed E-state index contributed by atoms with van der Waals surface area (Å²) < 4.78 is 31.4.